The third-order valence-electron chi connectivity index (χ3n) is 2.96. The molecule has 0 aliphatic rings. The number of benzene rings is 1. The molecule has 0 spiro atoms. The second-order valence-corrected chi connectivity index (χ2v) is 4.71. The molecule has 2 aromatic heterocycles. The number of nitrogens with two attached hydrogens (primary N) is 1. The molecule has 3 N–H and O–H groups in total. The smallest absolute Gasteiger partial charge is 0.168 e. The van der Waals surface area contributed by atoms with Gasteiger partial charge in [-0.3, -0.25) is 0 Å². The van der Waals surface area contributed by atoms with Gasteiger partial charge < -0.3 is 11.1 Å². The molecule has 0 aliphatic heterocycles. The Morgan fingerprint density at radius 2 is 2.05 bits per heavy atom. The van der Waals surface area contributed by atoms with Gasteiger partial charge in [-0.15, -0.1) is 0 Å². The number of rotatable bonds is 4. The number of aromatic nitrogens is 4. The molecule has 3 aromatic rings. The lowest BCUT2D eigenvalue weighted by Gasteiger charge is -2.08. The molecule has 0 saturated heterocycles. The predicted octanol–water partition coefficient (Wildman–Crippen LogP) is 1.57. The Balaban J connectivity index is 2.03. The molecular weight excluding hydrogens is 252 g/mol. The van der Waals surface area contributed by atoms with Crippen molar-refractivity contribution in [2.75, 3.05) is 11.9 Å². The van der Waals surface area contributed by atoms with Gasteiger partial charge in [0, 0.05) is 12.6 Å². The van der Waals surface area contributed by atoms with E-state index in [1.54, 1.807) is 10.9 Å². The van der Waals surface area contributed by atoms with E-state index < -0.39 is 0 Å². The van der Waals surface area contributed by atoms with Gasteiger partial charge in [0.1, 0.15) is 12.1 Å². The van der Waals surface area contributed by atoms with Crippen LogP contribution < -0.4 is 11.1 Å². The zero-order valence-corrected chi connectivity index (χ0v) is 11.2. The van der Waals surface area contributed by atoms with Crippen LogP contribution in [-0.2, 0) is 0 Å². The van der Waals surface area contributed by atoms with Crippen LogP contribution >= 0.6 is 0 Å². The monoisotopic (exact) mass is 268 g/mol. The first-order valence-electron chi connectivity index (χ1n) is 6.49. The minimum absolute atomic E-state index is 0.0594. The molecule has 0 fully saturated rings. The molecule has 1 aromatic carbocycles. The lowest BCUT2D eigenvalue weighted by molar-refractivity contribution is 0.778. The normalized spacial score (nSPS) is 12.5. The Labute approximate surface area is 116 Å². The van der Waals surface area contributed by atoms with Crippen molar-refractivity contribution in [2.45, 2.75) is 13.0 Å². The molecule has 6 heteroatoms. The summed E-state index contributed by atoms with van der Waals surface area (Å²) in [4.78, 5) is 8.58. The van der Waals surface area contributed by atoms with Crippen molar-refractivity contribution in [2.24, 2.45) is 5.73 Å². The maximum Gasteiger partial charge on any atom is 0.168 e. The van der Waals surface area contributed by atoms with Crippen molar-refractivity contribution in [3.63, 3.8) is 0 Å². The molecule has 1 atom stereocenters. The van der Waals surface area contributed by atoms with Crippen molar-refractivity contribution in [3.8, 4) is 5.69 Å². The summed E-state index contributed by atoms with van der Waals surface area (Å²) < 4.78 is 1.80. The van der Waals surface area contributed by atoms with Crippen LogP contribution in [0.25, 0.3) is 16.7 Å². The first kappa shape index (κ1) is 12.6. The number of nitrogens with one attached hydrogen (secondary N) is 1. The Morgan fingerprint density at radius 1 is 1.25 bits per heavy atom. The van der Waals surface area contributed by atoms with Crippen molar-refractivity contribution < 1.29 is 0 Å². The highest BCUT2D eigenvalue weighted by Crippen LogP contribution is 2.21. The van der Waals surface area contributed by atoms with E-state index in [0.717, 1.165) is 22.5 Å². The summed E-state index contributed by atoms with van der Waals surface area (Å²) in [5.74, 6) is 0.759. The van der Waals surface area contributed by atoms with Gasteiger partial charge in [0.25, 0.3) is 0 Å². The average Bonchev–Trinajstić information content (AvgIpc) is 2.90. The van der Waals surface area contributed by atoms with Crippen LogP contribution in [-0.4, -0.2) is 32.3 Å². The molecule has 0 aliphatic carbocycles. The van der Waals surface area contributed by atoms with Crippen LogP contribution in [0.15, 0.2) is 42.9 Å². The van der Waals surface area contributed by atoms with Gasteiger partial charge in [-0.05, 0) is 19.1 Å². The van der Waals surface area contributed by atoms with Crippen molar-refractivity contribution >= 4 is 16.9 Å². The molecular formula is C14H16N6. The number of nitrogens with zero attached hydrogens (tertiary/aromatic N) is 4. The third kappa shape index (κ3) is 2.33. The van der Waals surface area contributed by atoms with E-state index >= 15 is 0 Å². The molecule has 3 rings (SSSR count). The topological polar surface area (TPSA) is 81.7 Å². The van der Waals surface area contributed by atoms with Crippen LogP contribution in [0.3, 0.4) is 0 Å². The minimum Gasteiger partial charge on any atom is -0.368 e. The van der Waals surface area contributed by atoms with Crippen LogP contribution in [0.5, 0.6) is 0 Å². The zero-order valence-electron chi connectivity index (χ0n) is 11.2. The molecule has 20 heavy (non-hydrogen) atoms. The highest BCUT2D eigenvalue weighted by Gasteiger charge is 2.10. The van der Waals surface area contributed by atoms with Gasteiger partial charge in [0.05, 0.1) is 17.3 Å². The van der Waals surface area contributed by atoms with E-state index in [1.165, 1.54) is 6.33 Å². The molecule has 6 nitrogen and oxygen atoms in total. The van der Waals surface area contributed by atoms with Gasteiger partial charge in [-0.1, -0.05) is 18.2 Å². The molecule has 0 radical (unpaired) electrons. The number of hydrogen-bond donors (Lipinski definition) is 2. The second kappa shape index (κ2) is 5.26. The Kier molecular flexibility index (Phi) is 3.30. The quantitative estimate of drug-likeness (QED) is 0.750. The van der Waals surface area contributed by atoms with Crippen LogP contribution in [0.2, 0.25) is 0 Å². The van der Waals surface area contributed by atoms with E-state index in [-0.39, 0.29) is 6.04 Å². The van der Waals surface area contributed by atoms with Gasteiger partial charge in [0.15, 0.2) is 5.65 Å². The highest BCUT2D eigenvalue weighted by molar-refractivity contribution is 5.87. The second-order valence-electron chi connectivity index (χ2n) is 4.71. The lowest BCUT2D eigenvalue weighted by Crippen LogP contribution is -2.25. The van der Waals surface area contributed by atoms with E-state index in [1.807, 2.05) is 37.3 Å². The third-order valence-corrected chi connectivity index (χ3v) is 2.96. The van der Waals surface area contributed by atoms with Gasteiger partial charge in [-0.25, -0.2) is 14.6 Å². The first-order chi connectivity index (χ1) is 9.75. The van der Waals surface area contributed by atoms with E-state index in [2.05, 4.69) is 20.4 Å². The first-order valence-corrected chi connectivity index (χ1v) is 6.49. The Hall–Kier alpha value is -2.47. The fourth-order valence-corrected chi connectivity index (χ4v) is 2.00. The van der Waals surface area contributed by atoms with E-state index in [0.29, 0.717) is 6.54 Å². The summed E-state index contributed by atoms with van der Waals surface area (Å²) >= 11 is 0. The molecule has 1 unspecified atom stereocenters. The van der Waals surface area contributed by atoms with E-state index in [9.17, 15) is 0 Å². The highest BCUT2D eigenvalue weighted by atomic mass is 15.3. The van der Waals surface area contributed by atoms with Crippen LogP contribution in [0.1, 0.15) is 6.92 Å². The summed E-state index contributed by atoms with van der Waals surface area (Å²) in [5.41, 5.74) is 7.50. The fraction of sp³-hybridized carbons (Fsp3) is 0.214. The fourth-order valence-electron chi connectivity index (χ4n) is 2.00. The molecule has 2 heterocycles. The van der Waals surface area contributed by atoms with Crippen molar-refractivity contribution in [1.29, 1.82) is 0 Å². The number of hydrogen-bond acceptors (Lipinski definition) is 5. The van der Waals surface area contributed by atoms with Gasteiger partial charge in [0.2, 0.25) is 0 Å². The van der Waals surface area contributed by atoms with Gasteiger partial charge >= 0.3 is 0 Å². The van der Waals surface area contributed by atoms with E-state index in [4.69, 9.17) is 5.73 Å². The maximum atomic E-state index is 5.75. The number of anilines is 1. The number of para-hydroxylation sites is 1. The maximum absolute atomic E-state index is 5.75. The molecule has 0 bridgehead atoms. The van der Waals surface area contributed by atoms with Crippen LogP contribution in [0.4, 0.5) is 5.82 Å². The summed E-state index contributed by atoms with van der Waals surface area (Å²) in [6.07, 6.45) is 3.30. The minimum atomic E-state index is 0.0594. The number of fused-ring (bicyclic) bond motifs is 1. The van der Waals surface area contributed by atoms with Crippen LogP contribution in [0, 0.1) is 0 Å². The summed E-state index contributed by atoms with van der Waals surface area (Å²) in [6, 6.07) is 9.95. The molecule has 0 amide bonds. The Bertz CT molecular complexity index is 704. The standard InChI is InChI=1S/C14H16N6/c1-10(15)7-16-13-12-8-19-20(14(12)18-9-17-13)11-5-3-2-4-6-11/h2-6,8-10H,7,15H2,1H3,(H,16,17,18). The molecule has 0 saturated carbocycles. The zero-order chi connectivity index (χ0) is 13.9. The summed E-state index contributed by atoms with van der Waals surface area (Å²) in [6.45, 7) is 2.60. The summed E-state index contributed by atoms with van der Waals surface area (Å²) in [7, 11) is 0. The molecule has 102 valence electrons. The largest absolute Gasteiger partial charge is 0.368 e. The average molecular weight is 268 g/mol. The summed E-state index contributed by atoms with van der Waals surface area (Å²) in [5, 5.41) is 8.50. The van der Waals surface area contributed by atoms with Crippen molar-refractivity contribution in [1.82, 2.24) is 19.7 Å². The SMILES string of the molecule is CC(N)CNc1ncnc2c1cnn2-c1ccccc1. The van der Waals surface area contributed by atoms with Gasteiger partial charge in [-0.2, -0.15) is 5.10 Å². The Morgan fingerprint density at radius 3 is 2.80 bits per heavy atom. The lowest BCUT2D eigenvalue weighted by atomic mass is 10.3. The van der Waals surface area contributed by atoms with Crippen molar-refractivity contribution in [3.05, 3.63) is 42.9 Å². The predicted molar refractivity (Wildman–Crippen MR) is 78.8 cm³/mol.